The molecule has 0 spiro atoms. The lowest BCUT2D eigenvalue weighted by molar-refractivity contribution is 0.00578. The fourth-order valence-electron chi connectivity index (χ4n) is 2.40. The summed E-state index contributed by atoms with van der Waals surface area (Å²) in [5.41, 5.74) is 0.249. The highest BCUT2D eigenvalue weighted by Crippen LogP contribution is 2.36. The van der Waals surface area contributed by atoms with Crippen LogP contribution in [0.1, 0.15) is 45.9 Å². The smallest absolute Gasteiger partial charge is 0.398 e. The van der Waals surface area contributed by atoms with Crippen molar-refractivity contribution in [3.63, 3.8) is 0 Å². The van der Waals surface area contributed by atoms with Crippen LogP contribution in [0.15, 0.2) is 6.20 Å². The normalized spacial score (nSPS) is 29.1. The Bertz CT molecular complexity index is 450. The number of ether oxygens (including phenoxy) is 1. The van der Waals surface area contributed by atoms with Gasteiger partial charge in [0, 0.05) is 18.7 Å². The molecule has 6 heteroatoms. The van der Waals surface area contributed by atoms with Gasteiger partial charge in [0.1, 0.15) is 5.82 Å². The number of aromatic amines is 1. The molecule has 2 aliphatic rings. The minimum Gasteiger partial charge on any atom is -0.398 e. The number of rotatable bonds is 2. The second-order valence-electron chi connectivity index (χ2n) is 6.37. The van der Waals surface area contributed by atoms with Gasteiger partial charge in [0.05, 0.1) is 23.4 Å². The molecule has 1 aromatic heterocycles. The summed E-state index contributed by atoms with van der Waals surface area (Å²) >= 11 is 0. The van der Waals surface area contributed by atoms with E-state index in [9.17, 15) is 0 Å². The van der Waals surface area contributed by atoms with Gasteiger partial charge < -0.3 is 19.0 Å². The Labute approximate surface area is 114 Å². The molecule has 3 heterocycles. The van der Waals surface area contributed by atoms with Gasteiger partial charge in [-0.2, -0.15) is 0 Å². The van der Waals surface area contributed by atoms with E-state index in [1.165, 1.54) is 0 Å². The highest BCUT2D eigenvalue weighted by atomic mass is 16.7. The van der Waals surface area contributed by atoms with Gasteiger partial charge in [-0.05, 0) is 34.1 Å². The van der Waals surface area contributed by atoms with E-state index in [1.54, 1.807) is 0 Å². The molecular weight excluding hydrogens is 243 g/mol. The van der Waals surface area contributed by atoms with Crippen LogP contribution in [-0.4, -0.2) is 41.5 Å². The minimum absolute atomic E-state index is 0.320. The maximum atomic E-state index is 6.00. The molecule has 19 heavy (non-hydrogen) atoms. The van der Waals surface area contributed by atoms with Gasteiger partial charge in [0.15, 0.2) is 0 Å². The highest BCUT2D eigenvalue weighted by molar-refractivity contribution is 6.61. The van der Waals surface area contributed by atoms with Gasteiger partial charge in [-0.25, -0.2) is 4.98 Å². The third-order valence-electron chi connectivity index (χ3n) is 4.44. The summed E-state index contributed by atoms with van der Waals surface area (Å²) in [6, 6.07) is 0. The van der Waals surface area contributed by atoms with E-state index >= 15 is 0 Å². The largest absolute Gasteiger partial charge is 0.513 e. The zero-order valence-corrected chi connectivity index (χ0v) is 12.0. The molecule has 104 valence electrons. The summed E-state index contributed by atoms with van der Waals surface area (Å²) in [6.07, 6.45) is 2.84. The number of hydrogen-bond acceptors (Lipinski definition) is 4. The van der Waals surface area contributed by atoms with Crippen LogP contribution in [0, 0.1) is 0 Å². The van der Waals surface area contributed by atoms with Crippen LogP contribution in [0.5, 0.6) is 0 Å². The Balaban J connectivity index is 1.77. The molecule has 0 amide bonds. The van der Waals surface area contributed by atoms with Crippen molar-refractivity contribution in [3.05, 3.63) is 12.0 Å². The molecule has 3 rings (SSSR count). The van der Waals surface area contributed by atoms with E-state index < -0.39 is 0 Å². The summed E-state index contributed by atoms with van der Waals surface area (Å²) in [5.74, 6) is 1.35. The van der Waals surface area contributed by atoms with Crippen LogP contribution in [0.2, 0.25) is 0 Å². The monoisotopic (exact) mass is 264 g/mol. The van der Waals surface area contributed by atoms with Gasteiger partial charge in [-0.3, -0.25) is 0 Å². The Kier molecular flexibility index (Phi) is 3.00. The second-order valence-corrected chi connectivity index (χ2v) is 6.37. The lowest BCUT2D eigenvalue weighted by Gasteiger charge is -2.32. The molecule has 0 bridgehead atoms. The first-order valence-electron chi connectivity index (χ1n) is 6.87. The highest BCUT2D eigenvalue weighted by Gasteiger charge is 2.52. The number of nitrogens with one attached hydrogen (secondary N) is 1. The van der Waals surface area contributed by atoms with E-state index in [-0.39, 0.29) is 18.3 Å². The van der Waals surface area contributed by atoms with E-state index in [1.807, 2.05) is 6.20 Å². The summed E-state index contributed by atoms with van der Waals surface area (Å²) in [4.78, 5) is 7.77. The fourth-order valence-corrected chi connectivity index (χ4v) is 2.40. The Morgan fingerprint density at radius 1 is 1.26 bits per heavy atom. The average Bonchev–Trinajstić information content (AvgIpc) is 3.00. The maximum absolute atomic E-state index is 6.00. The first kappa shape index (κ1) is 13.2. The van der Waals surface area contributed by atoms with E-state index in [0.29, 0.717) is 5.92 Å². The van der Waals surface area contributed by atoms with E-state index in [2.05, 4.69) is 37.7 Å². The first-order valence-corrected chi connectivity index (χ1v) is 6.87. The second kappa shape index (κ2) is 4.33. The summed E-state index contributed by atoms with van der Waals surface area (Å²) in [6.45, 7) is 9.77. The zero-order chi connectivity index (χ0) is 13.7. The summed E-state index contributed by atoms with van der Waals surface area (Å²) in [5, 5.41) is 0. The third-order valence-corrected chi connectivity index (χ3v) is 4.44. The number of aromatic nitrogens is 2. The van der Waals surface area contributed by atoms with Crippen LogP contribution in [0.3, 0.4) is 0 Å². The molecule has 2 saturated heterocycles. The van der Waals surface area contributed by atoms with Crippen molar-refractivity contribution in [1.82, 2.24) is 9.97 Å². The van der Waals surface area contributed by atoms with Gasteiger partial charge in [0.2, 0.25) is 0 Å². The van der Waals surface area contributed by atoms with Crippen LogP contribution >= 0.6 is 0 Å². The lowest BCUT2D eigenvalue weighted by atomic mass is 9.86. The maximum Gasteiger partial charge on any atom is 0.513 e. The van der Waals surface area contributed by atoms with Gasteiger partial charge in [-0.1, -0.05) is 0 Å². The molecule has 1 atom stereocenters. The Hall–Kier alpha value is -0.845. The van der Waals surface area contributed by atoms with Crippen LogP contribution in [-0.2, 0) is 14.0 Å². The van der Waals surface area contributed by atoms with Crippen molar-refractivity contribution < 1.29 is 14.0 Å². The van der Waals surface area contributed by atoms with E-state index in [4.69, 9.17) is 14.0 Å². The van der Waals surface area contributed by atoms with Gasteiger partial charge in [0.25, 0.3) is 0 Å². The van der Waals surface area contributed by atoms with Crippen molar-refractivity contribution in [2.75, 3.05) is 13.2 Å². The molecule has 0 aliphatic carbocycles. The van der Waals surface area contributed by atoms with Gasteiger partial charge >= 0.3 is 7.12 Å². The molecule has 1 unspecified atom stereocenters. The topological polar surface area (TPSA) is 56.4 Å². The number of nitrogens with zero attached hydrogens (tertiary/aromatic N) is 1. The van der Waals surface area contributed by atoms with E-state index in [0.717, 1.165) is 31.1 Å². The number of imidazole rings is 1. The van der Waals surface area contributed by atoms with Crippen LogP contribution in [0.25, 0.3) is 0 Å². The first-order chi connectivity index (χ1) is 8.89. The van der Waals surface area contributed by atoms with Crippen molar-refractivity contribution in [3.8, 4) is 0 Å². The predicted octanol–water partition coefficient (Wildman–Crippen LogP) is 1.21. The summed E-state index contributed by atoms with van der Waals surface area (Å²) in [7, 11) is -0.367. The molecule has 2 fully saturated rings. The molecule has 2 aliphatic heterocycles. The molecule has 0 aromatic carbocycles. The summed E-state index contributed by atoms with van der Waals surface area (Å²) < 4.78 is 17.4. The molecule has 0 radical (unpaired) electrons. The van der Waals surface area contributed by atoms with Crippen LogP contribution < -0.4 is 5.59 Å². The standard InChI is InChI=1S/C13H21BN2O3/c1-12(2)13(3,4)19-14(18-12)10-7-15-11(16-10)9-5-6-17-8-9/h7,9H,5-6,8H2,1-4H3,(H,15,16). The van der Waals surface area contributed by atoms with Crippen molar-refractivity contribution in [1.29, 1.82) is 0 Å². The molecule has 0 saturated carbocycles. The molecular formula is C13H21BN2O3. The lowest BCUT2D eigenvalue weighted by Crippen LogP contribution is -2.41. The van der Waals surface area contributed by atoms with Crippen molar-refractivity contribution in [2.24, 2.45) is 0 Å². The SMILES string of the molecule is CC1(C)OB(c2cnc(C3CCOC3)[nH]2)OC1(C)C. The predicted molar refractivity (Wildman–Crippen MR) is 72.5 cm³/mol. The van der Waals surface area contributed by atoms with Crippen molar-refractivity contribution in [2.45, 2.75) is 51.2 Å². The fraction of sp³-hybridized carbons (Fsp3) is 0.769. The zero-order valence-electron chi connectivity index (χ0n) is 12.0. The Morgan fingerprint density at radius 3 is 2.53 bits per heavy atom. The van der Waals surface area contributed by atoms with Crippen LogP contribution in [0.4, 0.5) is 0 Å². The Morgan fingerprint density at radius 2 is 1.95 bits per heavy atom. The van der Waals surface area contributed by atoms with Gasteiger partial charge in [-0.15, -0.1) is 0 Å². The van der Waals surface area contributed by atoms with Crippen molar-refractivity contribution >= 4 is 12.7 Å². The molecule has 5 nitrogen and oxygen atoms in total. The molecule has 1 aromatic rings. The number of H-pyrrole nitrogens is 1. The quantitative estimate of drug-likeness (QED) is 0.816. The third kappa shape index (κ3) is 2.22. The number of hydrogen-bond donors (Lipinski definition) is 1. The minimum atomic E-state index is -0.367. The molecule has 1 N–H and O–H groups in total. The average molecular weight is 264 g/mol.